The number of aromatic nitrogens is 1. The van der Waals surface area contributed by atoms with Crippen molar-refractivity contribution in [1.29, 1.82) is 0 Å². The van der Waals surface area contributed by atoms with E-state index in [2.05, 4.69) is 25.8 Å². The Labute approximate surface area is 122 Å². The minimum absolute atomic E-state index is 0.00298. The highest BCUT2D eigenvalue weighted by Gasteiger charge is 2.25. The van der Waals surface area contributed by atoms with E-state index in [1.165, 1.54) is 0 Å². The molecule has 104 valence electrons. The number of fused-ring (bicyclic) bond motifs is 1. The number of nitrogens with zero attached hydrogens (tertiary/aromatic N) is 1. The normalized spacial score (nSPS) is 13.8. The van der Waals surface area contributed by atoms with Crippen molar-refractivity contribution < 1.29 is 4.42 Å². The summed E-state index contributed by atoms with van der Waals surface area (Å²) in [6, 6.07) is 9.94. The van der Waals surface area contributed by atoms with Gasteiger partial charge in [-0.15, -0.1) is 11.3 Å². The van der Waals surface area contributed by atoms with E-state index in [1.807, 2.05) is 35.7 Å². The van der Waals surface area contributed by atoms with E-state index in [4.69, 9.17) is 10.2 Å². The van der Waals surface area contributed by atoms with Gasteiger partial charge in [-0.25, -0.2) is 4.98 Å². The molecule has 0 radical (unpaired) electrons. The van der Waals surface area contributed by atoms with Gasteiger partial charge < -0.3 is 10.2 Å². The van der Waals surface area contributed by atoms with Crippen LogP contribution in [-0.4, -0.2) is 4.98 Å². The molecule has 2 N–H and O–H groups in total. The number of thiazole rings is 1. The van der Waals surface area contributed by atoms with Crippen LogP contribution in [0.15, 0.2) is 40.1 Å². The molecule has 0 aliphatic rings. The molecule has 1 atom stereocenters. The Morgan fingerprint density at radius 2 is 2.00 bits per heavy atom. The number of para-hydroxylation sites is 1. The zero-order chi connectivity index (χ0) is 14.3. The molecule has 4 heteroatoms. The van der Waals surface area contributed by atoms with Crippen LogP contribution in [0.25, 0.3) is 22.4 Å². The molecule has 3 rings (SSSR count). The monoisotopic (exact) mass is 286 g/mol. The van der Waals surface area contributed by atoms with Crippen LogP contribution >= 0.6 is 11.3 Å². The first-order valence-electron chi connectivity index (χ1n) is 6.65. The van der Waals surface area contributed by atoms with Crippen LogP contribution in [-0.2, 0) is 0 Å². The van der Waals surface area contributed by atoms with Crippen molar-refractivity contribution in [2.45, 2.75) is 26.8 Å². The Balaban J connectivity index is 1.97. The maximum absolute atomic E-state index is 6.26. The van der Waals surface area contributed by atoms with Crippen LogP contribution in [0.5, 0.6) is 0 Å². The molecule has 1 unspecified atom stereocenters. The molecule has 3 nitrogen and oxygen atoms in total. The summed E-state index contributed by atoms with van der Waals surface area (Å²) in [5.74, 6) is 0.801. The molecule has 0 spiro atoms. The fourth-order valence-corrected chi connectivity index (χ4v) is 3.07. The van der Waals surface area contributed by atoms with Crippen LogP contribution in [0.3, 0.4) is 0 Å². The van der Waals surface area contributed by atoms with Gasteiger partial charge >= 0.3 is 0 Å². The summed E-state index contributed by atoms with van der Waals surface area (Å²) in [5, 5.41) is 4.06. The van der Waals surface area contributed by atoms with Crippen molar-refractivity contribution >= 4 is 22.3 Å². The first kappa shape index (κ1) is 13.3. The summed E-state index contributed by atoms with van der Waals surface area (Å²) >= 11 is 1.59. The molecule has 3 aromatic rings. The van der Waals surface area contributed by atoms with Crippen LogP contribution < -0.4 is 5.73 Å². The smallest absolute Gasteiger partial charge is 0.154 e. The highest BCUT2D eigenvalue weighted by Crippen LogP contribution is 2.35. The summed E-state index contributed by atoms with van der Waals surface area (Å²) in [5.41, 5.74) is 8.01. The predicted molar refractivity (Wildman–Crippen MR) is 83.7 cm³/mol. The third kappa shape index (κ3) is 2.37. The lowest BCUT2D eigenvalue weighted by Gasteiger charge is -2.24. The number of rotatable bonds is 2. The summed E-state index contributed by atoms with van der Waals surface area (Å²) in [4.78, 5) is 4.64. The van der Waals surface area contributed by atoms with Crippen LogP contribution in [0, 0.1) is 5.41 Å². The van der Waals surface area contributed by atoms with E-state index < -0.39 is 0 Å². The van der Waals surface area contributed by atoms with Crippen molar-refractivity contribution in [1.82, 2.24) is 4.98 Å². The number of furan rings is 1. The molecule has 1 aromatic carbocycles. The van der Waals surface area contributed by atoms with Gasteiger partial charge in [-0.05, 0) is 17.5 Å². The summed E-state index contributed by atoms with van der Waals surface area (Å²) in [6.45, 7) is 6.37. The van der Waals surface area contributed by atoms with Crippen molar-refractivity contribution in [2.75, 3.05) is 0 Å². The molecule has 0 saturated carbocycles. The minimum atomic E-state index is -0.0642. The number of hydrogen-bond donors (Lipinski definition) is 1. The van der Waals surface area contributed by atoms with Gasteiger partial charge in [0.25, 0.3) is 0 Å². The largest absolute Gasteiger partial charge is 0.454 e. The van der Waals surface area contributed by atoms with E-state index >= 15 is 0 Å². The third-order valence-corrected chi connectivity index (χ3v) is 4.33. The number of hydrogen-bond acceptors (Lipinski definition) is 4. The lowest BCUT2D eigenvalue weighted by Crippen LogP contribution is -2.26. The Morgan fingerprint density at radius 1 is 1.25 bits per heavy atom. The lowest BCUT2D eigenvalue weighted by atomic mass is 9.88. The van der Waals surface area contributed by atoms with Crippen molar-refractivity contribution in [2.24, 2.45) is 11.1 Å². The maximum Gasteiger partial charge on any atom is 0.154 e. The highest BCUT2D eigenvalue weighted by molar-refractivity contribution is 7.10. The third-order valence-electron chi connectivity index (χ3n) is 3.40. The van der Waals surface area contributed by atoms with Gasteiger partial charge in [0.15, 0.2) is 5.76 Å². The fraction of sp³-hybridized carbons (Fsp3) is 0.312. The second-order valence-electron chi connectivity index (χ2n) is 6.06. The number of benzene rings is 1. The molecule has 2 heterocycles. The molecule has 0 fully saturated rings. The molecule has 0 aliphatic heterocycles. The minimum Gasteiger partial charge on any atom is -0.454 e. The van der Waals surface area contributed by atoms with Gasteiger partial charge in [0.05, 0.1) is 6.04 Å². The lowest BCUT2D eigenvalue weighted by molar-refractivity contribution is 0.326. The average Bonchev–Trinajstić information content (AvgIpc) is 3.03. The van der Waals surface area contributed by atoms with Crippen LogP contribution in [0.2, 0.25) is 0 Å². The summed E-state index contributed by atoms with van der Waals surface area (Å²) < 4.78 is 5.84. The molecule has 0 aliphatic carbocycles. The average molecular weight is 286 g/mol. The van der Waals surface area contributed by atoms with Crippen molar-refractivity contribution in [3.8, 4) is 11.5 Å². The first-order valence-corrected chi connectivity index (χ1v) is 7.53. The maximum atomic E-state index is 6.26. The molecule has 2 aromatic heterocycles. The number of nitrogens with two attached hydrogens (primary N) is 1. The Morgan fingerprint density at radius 3 is 2.70 bits per heavy atom. The molecular weight excluding hydrogens is 268 g/mol. The summed E-state index contributed by atoms with van der Waals surface area (Å²) in [7, 11) is 0. The van der Waals surface area contributed by atoms with Gasteiger partial charge in [-0.3, -0.25) is 0 Å². The molecule has 0 amide bonds. The van der Waals surface area contributed by atoms with Gasteiger partial charge in [-0.2, -0.15) is 0 Å². The topological polar surface area (TPSA) is 52.0 Å². The van der Waals surface area contributed by atoms with E-state index in [-0.39, 0.29) is 11.5 Å². The highest BCUT2D eigenvalue weighted by atomic mass is 32.1. The Hall–Kier alpha value is -1.65. The second-order valence-corrected chi connectivity index (χ2v) is 6.95. The Kier molecular flexibility index (Phi) is 3.15. The second kappa shape index (κ2) is 4.72. The zero-order valence-corrected chi connectivity index (χ0v) is 12.7. The molecule has 0 saturated heterocycles. The van der Waals surface area contributed by atoms with E-state index in [0.717, 1.165) is 27.4 Å². The standard InChI is InChI=1S/C16H18N2OS/c1-16(2,3)14(17)15-18-11(9-20-15)13-8-10-6-4-5-7-12(10)19-13/h4-9,14H,17H2,1-3H3. The SMILES string of the molecule is CC(C)(C)C(N)c1nc(-c2cc3ccccc3o2)cs1. The molecule has 0 bridgehead atoms. The van der Waals surface area contributed by atoms with Gasteiger partial charge in [0.2, 0.25) is 0 Å². The van der Waals surface area contributed by atoms with E-state index in [1.54, 1.807) is 11.3 Å². The Bertz CT molecular complexity index is 703. The van der Waals surface area contributed by atoms with E-state index in [9.17, 15) is 0 Å². The zero-order valence-electron chi connectivity index (χ0n) is 11.9. The van der Waals surface area contributed by atoms with Crippen LogP contribution in [0.1, 0.15) is 31.8 Å². The van der Waals surface area contributed by atoms with Crippen LogP contribution in [0.4, 0.5) is 0 Å². The fourth-order valence-electron chi connectivity index (χ4n) is 2.02. The van der Waals surface area contributed by atoms with E-state index in [0.29, 0.717) is 0 Å². The van der Waals surface area contributed by atoms with Gasteiger partial charge in [0.1, 0.15) is 16.3 Å². The predicted octanol–water partition coefficient (Wildman–Crippen LogP) is 4.60. The van der Waals surface area contributed by atoms with Crippen molar-refractivity contribution in [3.05, 3.63) is 40.7 Å². The first-order chi connectivity index (χ1) is 9.45. The van der Waals surface area contributed by atoms with Gasteiger partial charge in [-0.1, -0.05) is 39.0 Å². The summed E-state index contributed by atoms with van der Waals surface area (Å²) in [6.07, 6.45) is 0. The van der Waals surface area contributed by atoms with Crippen molar-refractivity contribution in [3.63, 3.8) is 0 Å². The quantitative estimate of drug-likeness (QED) is 0.749. The molecular formula is C16H18N2OS. The van der Waals surface area contributed by atoms with Gasteiger partial charge in [0, 0.05) is 10.8 Å². The molecule has 20 heavy (non-hydrogen) atoms.